The van der Waals surface area contributed by atoms with Crippen LogP contribution in [0.1, 0.15) is 36.6 Å². The minimum atomic E-state index is -4.76. The number of rotatable bonds is 5. The third-order valence-electron chi connectivity index (χ3n) is 6.72. The molecule has 9 nitrogen and oxygen atoms in total. The zero-order valence-electron chi connectivity index (χ0n) is 22.7. The SMILES string of the molecule is CC(C)c1c(NC(=O)Nc2cnc(-c3ccc(C4=NC=CC4=C4C=CC=N4)[nH]3)c(C(F)(F)F)c2)cnc2ccc(Cl)nc12. The van der Waals surface area contributed by atoms with Gasteiger partial charge in [0.1, 0.15) is 5.15 Å². The van der Waals surface area contributed by atoms with Crippen LogP contribution in [-0.4, -0.2) is 37.9 Å². The van der Waals surface area contributed by atoms with Crippen molar-refractivity contribution in [3.05, 3.63) is 100 Å². The van der Waals surface area contributed by atoms with Crippen molar-refractivity contribution in [2.75, 3.05) is 10.6 Å². The Bertz CT molecular complexity index is 1920. The van der Waals surface area contributed by atoms with Crippen LogP contribution in [0.4, 0.5) is 29.3 Å². The van der Waals surface area contributed by atoms with Gasteiger partial charge in [0, 0.05) is 23.6 Å². The number of pyridine rings is 3. The smallest absolute Gasteiger partial charge is 0.352 e. The zero-order chi connectivity index (χ0) is 30.3. The molecule has 2 amide bonds. The van der Waals surface area contributed by atoms with E-state index in [0.29, 0.717) is 39.4 Å². The van der Waals surface area contributed by atoms with E-state index in [1.165, 1.54) is 12.3 Å². The maximum Gasteiger partial charge on any atom is 0.418 e. The molecule has 4 aromatic heterocycles. The number of halogens is 4. The number of fused-ring (bicyclic) bond motifs is 1. The summed E-state index contributed by atoms with van der Waals surface area (Å²) in [5, 5.41) is 5.38. The fourth-order valence-electron chi connectivity index (χ4n) is 4.88. The van der Waals surface area contributed by atoms with Crippen molar-refractivity contribution in [1.29, 1.82) is 0 Å². The van der Waals surface area contributed by atoms with Gasteiger partial charge in [0.15, 0.2) is 0 Å². The van der Waals surface area contributed by atoms with Gasteiger partial charge in [-0.1, -0.05) is 25.4 Å². The third kappa shape index (κ3) is 5.56. The number of carbonyl (C=O) groups excluding carboxylic acids is 1. The number of allylic oxidation sites excluding steroid dienone is 4. The van der Waals surface area contributed by atoms with Crippen LogP contribution in [-0.2, 0) is 6.18 Å². The first-order chi connectivity index (χ1) is 20.6. The van der Waals surface area contributed by atoms with E-state index in [9.17, 15) is 18.0 Å². The number of anilines is 2. The summed E-state index contributed by atoms with van der Waals surface area (Å²) < 4.78 is 42.7. The summed E-state index contributed by atoms with van der Waals surface area (Å²) in [5.74, 6) is -0.0733. The zero-order valence-corrected chi connectivity index (χ0v) is 23.4. The highest BCUT2D eigenvalue weighted by Gasteiger charge is 2.36. The quantitative estimate of drug-likeness (QED) is 0.203. The van der Waals surface area contributed by atoms with E-state index in [0.717, 1.165) is 17.8 Å². The van der Waals surface area contributed by atoms with E-state index in [2.05, 4.69) is 40.6 Å². The highest BCUT2D eigenvalue weighted by Crippen LogP contribution is 2.38. The monoisotopic (exact) mass is 602 g/mol. The topological polar surface area (TPSA) is 120 Å². The van der Waals surface area contributed by atoms with Crippen LogP contribution in [0.25, 0.3) is 22.4 Å². The molecule has 4 aromatic rings. The highest BCUT2D eigenvalue weighted by molar-refractivity contribution is 6.29. The second-order valence-electron chi connectivity index (χ2n) is 9.95. The number of hydrogen-bond acceptors (Lipinski definition) is 6. The van der Waals surface area contributed by atoms with Crippen LogP contribution in [0.5, 0.6) is 0 Å². The molecule has 6 heterocycles. The van der Waals surface area contributed by atoms with E-state index in [1.54, 1.807) is 42.8 Å². The van der Waals surface area contributed by atoms with Gasteiger partial charge in [0.25, 0.3) is 0 Å². The van der Waals surface area contributed by atoms with E-state index in [4.69, 9.17) is 11.6 Å². The number of carbonyl (C=O) groups is 1. The standard InChI is InChI=1S/C30H22ClF3N8O/c1-15(2)25-23(14-37-20-7-8-24(31)42-28(20)25)41-29(43)39-16-12-18(30(32,33)34)27(38-13-16)22-6-5-21(40-22)26-17(9-11-36-26)19-4-3-10-35-19/h3-15,40H,1-2H3,(H2,39,41,43). The second-order valence-corrected chi connectivity index (χ2v) is 10.3. The Hall–Kier alpha value is -5.10. The fraction of sp³-hybridized carbons (Fsp3) is 0.133. The molecule has 0 fully saturated rings. The van der Waals surface area contributed by atoms with Crippen LogP contribution in [0.3, 0.4) is 0 Å². The minimum absolute atomic E-state index is 0.0733. The first-order valence-corrected chi connectivity index (χ1v) is 13.5. The third-order valence-corrected chi connectivity index (χ3v) is 6.93. The van der Waals surface area contributed by atoms with Crippen molar-refractivity contribution >= 4 is 52.0 Å². The average molecular weight is 603 g/mol. The van der Waals surface area contributed by atoms with Crippen LogP contribution < -0.4 is 10.6 Å². The van der Waals surface area contributed by atoms with Crippen LogP contribution in [0, 0.1) is 0 Å². The molecule has 0 aliphatic carbocycles. The Labute approximate surface area is 248 Å². The molecule has 0 radical (unpaired) electrons. The summed E-state index contributed by atoms with van der Waals surface area (Å²) in [6.07, 6.45) is 6.52. The molecule has 43 heavy (non-hydrogen) atoms. The van der Waals surface area contributed by atoms with Crippen LogP contribution >= 0.6 is 11.6 Å². The van der Waals surface area contributed by atoms with Crippen molar-refractivity contribution in [1.82, 2.24) is 19.9 Å². The predicted octanol–water partition coefficient (Wildman–Crippen LogP) is 7.67. The summed E-state index contributed by atoms with van der Waals surface area (Å²) in [4.78, 5) is 37.3. The molecule has 0 bridgehead atoms. The first kappa shape index (κ1) is 28.0. The normalized spacial score (nSPS) is 16.0. The van der Waals surface area contributed by atoms with E-state index in [1.807, 2.05) is 19.9 Å². The first-order valence-electron chi connectivity index (χ1n) is 13.1. The Balaban J connectivity index is 1.27. The van der Waals surface area contributed by atoms with E-state index < -0.39 is 17.8 Å². The molecule has 0 saturated heterocycles. The lowest BCUT2D eigenvalue weighted by molar-refractivity contribution is -0.137. The number of amides is 2. The van der Waals surface area contributed by atoms with Crippen molar-refractivity contribution in [3.63, 3.8) is 0 Å². The van der Waals surface area contributed by atoms with E-state index in [-0.39, 0.29) is 28.1 Å². The number of aromatic nitrogens is 4. The van der Waals surface area contributed by atoms with Gasteiger partial charge in [0.2, 0.25) is 0 Å². The largest absolute Gasteiger partial charge is 0.418 e. The molecule has 6 rings (SSSR count). The summed E-state index contributed by atoms with van der Waals surface area (Å²) >= 11 is 6.08. The number of hydrogen-bond donors (Lipinski definition) is 3. The molecule has 2 aliphatic rings. The number of aromatic amines is 1. The van der Waals surface area contributed by atoms with Crippen LogP contribution in [0.2, 0.25) is 5.15 Å². The molecule has 3 N–H and O–H groups in total. The van der Waals surface area contributed by atoms with Gasteiger partial charge in [-0.05, 0) is 54.5 Å². The number of urea groups is 1. The molecule has 0 spiro atoms. The van der Waals surface area contributed by atoms with Gasteiger partial charge in [-0.15, -0.1) is 0 Å². The Morgan fingerprint density at radius 2 is 1.84 bits per heavy atom. The summed E-state index contributed by atoms with van der Waals surface area (Å²) in [6, 6.07) is 6.54. The Morgan fingerprint density at radius 3 is 2.58 bits per heavy atom. The lowest BCUT2D eigenvalue weighted by Crippen LogP contribution is -2.21. The van der Waals surface area contributed by atoms with Gasteiger partial charge in [-0.2, -0.15) is 13.2 Å². The van der Waals surface area contributed by atoms with Gasteiger partial charge in [-0.25, -0.2) is 9.78 Å². The fourth-order valence-corrected chi connectivity index (χ4v) is 5.03. The predicted molar refractivity (Wildman–Crippen MR) is 161 cm³/mol. The number of aliphatic imine (C=N–C) groups is 2. The number of alkyl halides is 3. The number of H-pyrrole nitrogens is 1. The highest BCUT2D eigenvalue weighted by atomic mass is 35.5. The molecular weight excluding hydrogens is 581 g/mol. The van der Waals surface area contributed by atoms with E-state index >= 15 is 0 Å². The number of nitrogens with zero attached hydrogens (tertiary/aromatic N) is 5. The average Bonchev–Trinajstić information content (AvgIpc) is 3.73. The van der Waals surface area contributed by atoms with Crippen LogP contribution in [0.15, 0.2) is 88.4 Å². The summed E-state index contributed by atoms with van der Waals surface area (Å²) in [7, 11) is 0. The van der Waals surface area contributed by atoms with Crippen molar-refractivity contribution < 1.29 is 18.0 Å². The van der Waals surface area contributed by atoms with Gasteiger partial charge in [0.05, 0.1) is 68.9 Å². The van der Waals surface area contributed by atoms with Crippen molar-refractivity contribution in [2.24, 2.45) is 9.98 Å². The molecule has 0 atom stereocenters. The molecule has 2 aliphatic heterocycles. The minimum Gasteiger partial charge on any atom is -0.352 e. The second kappa shape index (κ2) is 11.0. The van der Waals surface area contributed by atoms with Gasteiger partial charge < -0.3 is 15.6 Å². The Kier molecular flexibility index (Phi) is 7.14. The molecular formula is C30H22ClF3N8O. The Morgan fingerprint density at radius 1 is 1.02 bits per heavy atom. The maximum absolute atomic E-state index is 14.2. The number of nitrogens with one attached hydrogen (secondary N) is 3. The van der Waals surface area contributed by atoms with Gasteiger partial charge >= 0.3 is 12.2 Å². The lowest BCUT2D eigenvalue weighted by atomic mass is 10.0. The molecule has 0 saturated carbocycles. The maximum atomic E-state index is 14.2. The molecule has 216 valence electrons. The van der Waals surface area contributed by atoms with Gasteiger partial charge in [-0.3, -0.25) is 20.0 Å². The molecule has 13 heteroatoms. The summed E-state index contributed by atoms with van der Waals surface area (Å²) in [5.41, 5.74) is 3.29. The van der Waals surface area contributed by atoms with Crippen molar-refractivity contribution in [3.8, 4) is 11.4 Å². The molecule has 0 unspecified atom stereocenters. The lowest BCUT2D eigenvalue weighted by Gasteiger charge is -2.17. The molecule has 0 aromatic carbocycles. The van der Waals surface area contributed by atoms with Crippen molar-refractivity contribution in [2.45, 2.75) is 25.9 Å². The summed E-state index contributed by atoms with van der Waals surface area (Å²) in [6.45, 7) is 3.83.